The molecular weight excluding hydrogens is 318 g/mol. The summed E-state index contributed by atoms with van der Waals surface area (Å²) >= 11 is 0. The van der Waals surface area contributed by atoms with E-state index in [-0.39, 0.29) is 24.9 Å². The lowest BCUT2D eigenvalue weighted by atomic mass is 10.0. The number of rotatable bonds is 11. The molecule has 0 radical (unpaired) electrons. The normalized spacial score (nSPS) is 10.8. The van der Waals surface area contributed by atoms with Crippen LogP contribution in [-0.4, -0.2) is 57.1 Å². The van der Waals surface area contributed by atoms with Crippen LogP contribution in [0.5, 0.6) is 0 Å². The first-order valence-electron chi connectivity index (χ1n) is 8.86. The third kappa shape index (κ3) is 7.67. The van der Waals surface area contributed by atoms with Crippen molar-refractivity contribution in [3.8, 4) is 0 Å². The Labute approximate surface area is 150 Å². The minimum atomic E-state index is -0.106. The lowest BCUT2D eigenvalue weighted by Gasteiger charge is -2.18. The van der Waals surface area contributed by atoms with E-state index in [1.807, 2.05) is 18.2 Å². The summed E-state index contributed by atoms with van der Waals surface area (Å²) in [6.07, 6.45) is 2.51. The van der Waals surface area contributed by atoms with Gasteiger partial charge in [0.1, 0.15) is 0 Å². The van der Waals surface area contributed by atoms with Gasteiger partial charge in [0, 0.05) is 25.9 Å². The van der Waals surface area contributed by atoms with Crippen molar-refractivity contribution in [1.82, 2.24) is 10.2 Å². The van der Waals surface area contributed by atoms with Gasteiger partial charge in [-0.25, -0.2) is 0 Å². The molecule has 0 aliphatic heterocycles. The van der Waals surface area contributed by atoms with Crippen molar-refractivity contribution in [2.45, 2.75) is 33.1 Å². The predicted molar refractivity (Wildman–Crippen MR) is 101 cm³/mol. The average Bonchev–Trinajstić information content (AvgIpc) is 2.58. The summed E-state index contributed by atoms with van der Waals surface area (Å²) in [6, 6.07) is 6.09. The highest BCUT2D eigenvalue weighted by Gasteiger charge is 2.13. The zero-order valence-electron chi connectivity index (χ0n) is 15.9. The molecule has 1 aromatic carbocycles. The monoisotopic (exact) mass is 349 g/mol. The molecule has 140 valence electrons. The van der Waals surface area contributed by atoms with Crippen molar-refractivity contribution >= 4 is 17.5 Å². The Hall–Kier alpha value is -1.92. The highest BCUT2D eigenvalue weighted by Crippen LogP contribution is 2.22. The minimum absolute atomic E-state index is 0.0883. The van der Waals surface area contributed by atoms with Crippen LogP contribution in [0.4, 0.5) is 5.69 Å². The first-order chi connectivity index (χ1) is 12.0. The van der Waals surface area contributed by atoms with E-state index >= 15 is 0 Å². The smallest absolute Gasteiger partial charge is 0.238 e. The Kier molecular flexibility index (Phi) is 9.80. The van der Waals surface area contributed by atoms with Crippen molar-refractivity contribution in [2.24, 2.45) is 0 Å². The number of aryl methyl sites for hydroxylation is 2. The quantitative estimate of drug-likeness (QED) is 0.598. The molecule has 0 saturated carbocycles. The number of amides is 2. The lowest BCUT2D eigenvalue weighted by Crippen LogP contribution is -2.39. The summed E-state index contributed by atoms with van der Waals surface area (Å²) in [5.74, 6) is -0.195. The van der Waals surface area contributed by atoms with Gasteiger partial charge in [-0.1, -0.05) is 32.0 Å². The van der Waals surface area contributed by atoms with Crippen LogP contribution < -0.4 is 10.6 Å². The predicted octanol–water partition coefficient (Wildman–Crippen LogP) is 1.83. The van der Waals surface area contributed by atoms with Crippen molar-refractivity contribution in [3.05, 3.63) is 29.3 Å². The molecule has 0 saturated heterocycles. The number of likely N-dealkylation sites (N-methyl/N-ethyl adjacent to an activating group) is 1. The Bertz CT molecular complexity index is 539. The highest BCUT2D eigenvalue weighted by molar-refractivity contribution is 5.94. The minimum Gasteiger partial charge on any atom is -0.385 e. The fourth-order valence-corrected chi connectivity index (χ4v) is 2.63. The van der Waals surface area contributed by atoms with Crippen LogP contribution in [0.3, 0.4) is 0 Å². The van der Waals surface area contributed by atoms with E-state index in [4.69, 9.17) is 4.74 Å². The second-order valence-corrected chi connectivity index (χ2v) is 6.08. The molecule has 0 aliphatic carbocycles. The van der Waals surface area contributed by atoms with Gasteiger partial charge in [0.15, 0.2) is 0 Å². The van der Waals surface area contributed by atoms with Gasteiger partial charge < -0.3 is 15.4 Å². The van der Waals surface area contributed by atoms with Crippen molar-refractivity contribution in [1.29, 1.82) is 0 Å². The van der Waals surface area contributed by atoms with E-state index in [9.17, 15) is 9.59 Å². The summed E-state index contributed by atoms with van der Waals surface area (Å²) in [6.45, 7) is 5.71. The molecule has 0 aromatic heterocycles. The molecular formula is C19H31N3O3. The van der Waals surface area contributed by atoms with E-state index in [2.05, 4.69) is 24.5 Å². The Morgan fingerprint density at radius 2 is 1.68 bits per heavy atom. The van der Waals surface area contributed by atoms with E-state index < -0.39 is 0 Å². The van der Waals surface area contributed by atoms with Crippen LogP contribution in [0.15, 0.2) is 18.2 Å². The van der Waals surface area contributed by atoms with E-state index in [0.717, 1.165) is 36.1 Å². The highest BCUT2D eigenvalue weighted by atomic mass is 16.5. The number of nitrogens with one attached hydrogen (secondary N) is 2. The molecule has 0 aliphatic rings. The molecule has 0 spiro atoms. The van der Waals surface area contributed by atoms with Gasteiger partial charge in [-0.2, -0.15) is 0 Å². The fourth-order valence-electron chi connectivity index (χ4n) is 2.63. The van der Waals surface area contributed by atoms with Crippen LogP contribution in [0.1, 0.15) is 31.4 Å². The van der Waals surface area contributed by atoms with Gasteiger partial charge in [-0.3, -0.25) is 14.5 Å². The molecule has 6 heteroatoms. The lowest BCUT2D eigenvalue weighted by molar-refractivity contribution is -0.123. The second-order valence-electron chi connectivity index (χ2n) is 6.08. The molecule has 0 atom stereocenters. The maximum absolute atomic E-state index is 12.3. The molecule has 0 heterocycles. The molecule has 6 nitrogen and oxygen atoms in total. The standard InChI is InChI=1S/C19H31N3O3/c1-5-15-9-7-10-16(6-2)19(15)21-18(24)14-22(3)13-17(23)20-11-8-12-25-4/h7,9-10H,5-6,8,11-14H2,1-4H3,(H,20,23)(H,21,24). The molecule has 0 unspecified atom stereocenters. The molecule has 0 bridgehead atoms. The number of hydrogen-bond donors (Lipinski definition) is 2. The maximum Gasteiger partial charge on any atom is 0.238 e. The number of carbonyl (C=O) groups is 2. The third-order valence-corrected chi connectivity index (χ3v) is 3.94. The first-order valence-corrected chi connectivity index (χ1v) is 8.86. The summed E-state index contributed by atoms with van der Waals surface area (Å²) in [4.78, 5) is 25.9. The van der Waals surface area contributed by atoms with Crippen LogP contribution >= 0.6 is 0 Å². The number of hydrogen-bond acceptors (Lipinski definition) is 4. The molecule has 0 fully saturated rings. The Balaban J connectivity index is 2.50. The summed E-state index contributed by atoms with van der Waals surface area (Å²) in [7, 11) is 3.40. The zero-order valence-corrected chi connectivity index (χ0v) is 15.9. The van der Waals surface area contributed by atoms with Gasteiger partial charge in [0.2, 0.25) is 11.8 Å². The van der Waals surface area contributed by atoms with Crippen molar-refractivity contribution in [2.75, 3.05) is 45.7 Å². The van der Waals surface area contributed by atoms with Gasteiger partial charge in [0.05, 0.1) is 13.1 Å². The average molecular weight is 349 g/mol. The van der Waals surface area contributed by atoms with Crippen molar-refractivity contribution in [3.63, 3.8) is 0 Å². The number of anilines is 1. The number of para-hydroxylation sites is 1. The molecule has 1 aromatic rings. The van der Waals surface area contributed by atoms with Gasteiger partial charge in [-0.05, 0) is 37.4 Å². The molecule has 2 amide bonds. The van der Waals surface area contributed by atoms with Crippen LogP contribution in [0.25, 0.3) is 0 Å². The largest absolute Gasteiger partial charge is 0.385 e. The topological polar surface area (TPSA) is 70.7 Å². The first kappa shape index (κ1) is 21.1. The number of benzene rings is 1. The van der Waals surface area contributed by atoms with Gasteiger partial charge >= 0.3 is 0 Å². The third-order valence-electron chi connectivity index (χ3n) is 3.94. The summed E-state index contributed by atoms with van der Waals surface area (Å²) in [5.41, 5.74) is 3.17. The van der Waals surface area contributed by atoms with Crippen molar-refractivity contribution < 1.29 is 14.3 Å². The van der Waals surface area contributed by atoms with E-state index in [1.165, 1.54) is 0 Å². The van der Waals surface area contributed by atoms with Crippen LogP contribution in [0.2, 0.25) is 0 Å². The Morgan fingerprint density at radius 1 is 1.08 bits per heavy atom. The van der Waals surface area contributed by atoms with Crippen LogP contribution in [-0.2, 0) is 27.2 Å². The number of methoxy groups -OCH3 is 1. The molecule has 1 rings (SSSR count). The summed E-state index contributed by atoms with van der Waals surface area (Å²) < 4.78 is 4.94. The number of carbonyl (C=O) groups excluding carboxylic acids is 2. The zero-order chi connectivity index (χ0) is 18.7. The van der Waals surface area contributed by atoms with E-state index in [0.29, 0.717) is 13.2 Å². The molecule has 2 N–H and O–H groups in total. The summed E-state index contributed by atoms with van der Waals surface area (Å²) in [5, 5.41) is 5.83. The molecule has 25 heavy (non-hydrogen) atoms. The second kappa shape index (κ2) is 11.6. The number of nitrogens with zero attached hydrogens (tertiary/aromatic N) is 1. The Morgan fingerprint density at radius 3 is 2.24 bits per heavy atom. The van der Waals surface area contributed by atoms with Gasteiger partial charge in [0.25, 0.3) is 0 Å². The van der Waals surface area contributed by atoms with Gasteiger partial charge in [-0.15, -0.1) is 0 Å². The van der Waals surface area contributed by atoms with Crippen LogP contribution in [0, 0.1) is 0 Å². The SMILES string of the molecule is CCc1cccc(CC)c1NC(=O)CN(C)CC(=O)NCCCOC. The van der Waals surface area contributed by atoms with E-state index in [1.54, 1.807) is 19.1 Å². The fraction of sp³-hybridized carbons (Fsp3) is 0.579. The maximum atomic E-state index is 12.3. The number of ether oxygens (including phenoxy) is 1.